The maximum absolute atomic E-state index is 9.96. The molecule has 1 aliphatic heterocycles. The number of phenols is 2. The van der Waals surface area contributed by atoms with Gasteiger partial charge in [-0.2, -0.15) is 0 Å². The van der Waals surface area contributed by atoms with Crippen molar-refractivity contribution in [2.45, 2.75) is 6.42 Å². The minimum absolute atomic E-state index is 0.194. The van der Waals surface area contributed by atoms with Gasteiger partial charge in [0.25, 0.3) is 0 Å². The third kappa shape index (κ3) is 1.78. The fourth-order valence-electron chi connectivity index (χ4n) is 3.59. The highest BCUT2D eigenvalue weighted by molar-refractivity contribution is 6.13. The predicted molar refractivity (Wildman–Crippen MR) is 94.1 cm³/mol. The van der Waals surface area contributed by atoms with Gasteiger partial charge in [-0.25, -0.2) is 0 Å². The lowest BCUT2D eigenvalue weighted by Crippen LogP contribution is -2.04. The summed E-state index contributed by atoms with van der Waals surface area (Å²) in [5.74, 6) is 1.94. The zero-order valence-corrected chi connectivity index (χ0v) is 12.8. The van der Waals surface area contributed by atoms with Crippen molar-refractivity contribution in [1.29, 1.82) is 0 Å². The van der Waals surface area contributed by atoms with Crippen LogP contribution in [0.4, 0.5) is 0 Å². The molecular weight excluding hydrogens is 300 g/mol. The first-order valence-electron chi connectivity index (χ1n) is 7.87. The summed E-state index contributed by atoms with van der Waals surface area (Å²) >= 11 is 0. The Morgan fingerprint density at radius 3 is 2.29 bits per heavy atom. The van der Waals surface area contributed by atoms with Crippen LogP contribution in [0, 0.1) is 0 Å². The van der Waals surface area contributed by atoms with E-state index in [4.69, 9.17) is 4.74 Å². The molecule has 5 rings (SSSR count). The second-order valence-corrected chi connectivity index (χ2v) is 6.15. The van der Waals surface area contributed by atoms with Crippen LogP contribution in [0.1, 0.15) is 11.1 Å². The van der Waals surface area contributed by atoms with Gasteiger partial charge in [0.15, 0.2) is 0 Å². The smallest absolute Gasteiger partial charge is 0.139 e. The Morgan fingerprint density at radius 2 is 1.42 bits per heavy atom. The van der Waals surface area contributed by atoms with Crippen molar-refractivity contribution in [1.82, 2.24) is 0 Å². The lowest BCUT2D eigenvalue weighted by molar-refractivity contribution is 0.446. The van der Waals surface area contributed by atoms with Gasteiger partial charge in [0.1, 0.15) is 23.0 Å². The number of rotatable bonds is 0. The largest absolute Gasteiger partial charge is 0.508 e. The third-order valence-electron chi connectivity index (χ3n) is 4.69. The molecule has 0 aliphatic carbocycles. The Kier molecular flexibility index (Phi) is 2.57. The summed E-state index contributed by atoms with van der Waals surface area (Å²) < 4.78 is 6.18. The minimum Gasteiger partial charge on any atom is -0.508 e. The predicted octanol–water partition coefficient (Wildman–Crippen LogP) is 5.10. The fraction of sp³-hybridized carbons (Fsp3) is 0.0476. The van der Waals surface area contributed by atoms with Gasteiger partial charge in [-0.3, -0.25) is 0 Å². The van der Waals surface area contributed by atoms with E-state index >= 15 is 0 Å². The van der Waals surface area contributed by atoms with E-state index in [1.165, 1.54) is 0 Å². The average Bonchev–Trinajstić information content (AvgIpc) is 2.60. The van der Waals surface area contributed by atoms with E-state index < -0.39 is 0 Å². The molecule has 0 bridgehead atoms. The number of hydrogen-bond donors (Lipinski definition) is 2. The van der Waals surface area contributed by atoms with E-state index in [9.17, 15) is 10.2 Å². The highest BCUT2D eigenvalue weighted by Crippen LogP contribution is 2.46. The van der Waals surface area contributed by atoms with E-state index in [0.717, 1.165) is 38.4 Å². The maximum Gasteiger partial charge on any atom is 0.139 e. The van der Waals surface area contributed by atoms with Gasteiger partial charge < -0.3 is 14.9 Å². The van der Waals surface area contributed by atoms with Crippen LogP contribution in [0.25, 0.3) is 21.5 Å². The molecule has 3 nitrogen and oxygen atoms in total. The minimum atomic E-state index is 0.194. The highest BCUT2D eigenvalue weighted by Gasteiger charge is 2.23. The van der Waals surface area contributed by atoms with Gasteiger partial charge in [-0.05, 0) is 39.9 Å². The summed E-state index contributed by atoms with van der Waals surface area (Å²) in [7, 11) is 0. The van der Waals surface area contributed by atoms with Crippen molar-refractivity contribution >= 4 is 21.5 Å². The summed E-state index contributed by atoms with van der Waals surface area (Å²) in [5.41, 5.74) is 2.10. The van der Waals surface area contributed by atoms with Crippen molar-refractivity contribution in [3.05, 3.63) is 71.8 Å². The maximum atomic E-state index is 9.96. The molecule has 4 aromatic rings. The van der Waals surface area contributed by atoms with Gasteiger partial charge in [-0.15, -0.1) is 0 Å². The van der Waals surface area contributed by atoms with Crippen molar-refractivity contribution in [3.8, 4) is 23.0 Å². The molecule has 1 aliphatic rings. The number of fused-ring (bicyclic) bond motifs is 7. The van der Waals surface area contributed by atoms with Crippen LogP contribution in [0.5, 0.6) is 23.0 Å². The molecule has 0 aromatic heterocycles. The van der Waals surface area contributed by atoms with Crippen molar-refractivity contribution < 1.29 is 14.9 Å². The number of phenolic OH excluding ortho intramolecular Hbond substituents is 2. The topological polar surface area (TPSA) is 49.7 Å². The fourth-order valence-corrected chi connectivity index (χ4v) is 3.59. The molecule has 3 heteroatoms. The lowest BCUT2D eigenvalue weighted by Gasteiger charge is -2.24. The zero-order valence-electron chi connectivity index (χ0n) is 12.8. The monoisotopic (exact) mass is 314 g/mol. The van der Waals surface area contributed by atoms with Gasteiger partial charge in [0.05, 0.1) is 0 Å². The number of ether oxygens (including phenoxy) is 1. The van der Waals surface area contributed by atoms with Crippen LogP contribution < -0.4 is 4.74 Å². The molecule has 2 N–H and O–H groups in total. The van der Waals surface area contributed by atoms with Crippen molar-refractivity contribution in [2.75, 3.05) is 0 Å². The van der Waals surface area contributed by atoms with Crippen molar-refractivity contribution in [2.24, 2.45) is 0 Å². The second-order valence-electron chi connectivity index (χ2n) is 6.15. The first-order valence-corrected chi connectivity index (χ1v) is 7.87. The van der Waals surface area contributed by atoms with E-state index in [-0.39, 0.29) is 11.5 Å². The van der Waals surface area contributed by atoms with E-state index in [0.29, 0.717) is 12.2 Å². The van der Waals surface area contributed by atoms with Crippen molar-refractivity contribution in [3.63, 3.8) is 0 Å². The third-order valence-corrected chi connectivity index (χ3v) is 4.69. The Balaban J connectivity index is 1.91. The molecule has 24 heavy (non-hydrogen) atoms. The van der Waals surface area contributed by atoms with Gasteiger partial charge in [-0.1, -0.05) is 36.4 Å². The summed E-state index contributed by atoms with van der Waals surface area (Å²) in [4.78, 5) is 0. The molecule has 0 fully saturated rings. The Hall–Kier alpha value is -3.20. The molecule has 116 valence electrons. The number of aromatic hydroxyl groups is 2. The van der Waals surface area contributed by atoms with Crippen LogP contribution >= 0.6 is 0 Å². The van der Waals surface area contributed by atoms with Gasteiger partial charge in [0.2, 0.25) is 0 Å². The number of hydrogen-bond acceptors (Lipinski definition) is 3. The molecule has 0 amide bonds. The molecule has 0 saturated heterocycles. The standard InChI is InChI=1S/C21H14O3/c22-13-7-8-16-15-3-1-2-4-17(15)21-19(18(16)10-13)9-12-5-6-14(23)11-20(12)24-21/h1-8,10-11,22-23H,9H2. The Morgan fingerprint density at radius 1 is 0.708 bits per heavy atom. The average molecular weight is 314 g/mol. The lowest BCUT2D eigenvalue weighted by atomic mass is 9.90. The van der Waals surface area contributed by atoms with Gasteiger partial charge in [0, 0.05) is 23.4 Å². The highest BCUT2D eigenvalue weighted by atomic mass is 16.5. The van der Waals surface area contributed by atoms with Crippen LogP contribution in [0.15, 0.2) is 60.7 Å². The summed E-state index contributed by atoms with van der Waals surface area (Å²) in [5, 5.41) is 23.9. The Labute approximate surface area is 138 Å². The van der Waals surface area contributed by atoms with Crippen LogP contribution in [0.2, 0.25) is 0 Å². The summed E-state index contributed by atoms with van der Waals surface area (Å²) in [6, 6.07) is 18.8. The zero-order chi connectivity index (χ0) is 16.3. The molecule has 0 atom stereocenters. The SMILES string of the molecule is Oc1ccc2c(c1)Oc1c(c3cc(O)ccc3c3ccccc13)C2. The van der Waals surface area contributed by atoms with Gasteiger partial charge >= 0.3 is 0 Å². The molecule has 4 aromatic carbocycles. The molecule has 0 saturated carbocycles. The second kappa shape index (κ2) is 4.65. The first kappa shape index (κ1) is 13.3. The molecule has 0 spiro atoms. The summed E-state index contributed by atoms with van der Waals surface area (Å²) in [6.07, 6.45) is 0.704. The number of benzene rings is 4. The normalized spacial score (nSPS) is 12.7. The van der Waals surface area contributed by atoms with E-state index in [1.807, 2.05) is 30.3 Å². The van der Waals surface area contributed by atoms with Crippen LogP contribution in [0.3, 0.4) is 0 Å². The molecule has 1 heterocycles. The van der Waals surface area contributed by atoms with Crippen LogP contribution in [-0.4, -0.2) is 10.2 Å². The molecular formula is C21H14O3. The molecule has 0 unspecified atom stereocenters. The first-order chi connectivity index (χ1) is 11.7. The van der Waals surface area contributed by atoms with E-state index in [2.05, 4.69) is 6.07 Å². The van der Waals surface area contributed by atoms with E-state index in [1.54, 1.807) is 24.3 Å². The quantitative estimate of drug-likeness (QED) is 0.391. The van der Waals surface area contributed by atoms with Crippen LogP contribution in [-0.2, 0) is 6.42 Å². The Bertz CT molecular complexity index is 1130. The molecule has 0 radical (unpaired) electrons. The summed E-state index contributed by atoms with van der Waals surface area (Å²) in [6.45, 7) is 0.